The van der Waals surface area contributed by atoms with E-state index in [1.165, 1.54) is 11.1 Å². The van der Waals surface area contributed by atoms with Crippen LogP contribution in [0, 0.1) is 12.3 Å². The molecule has 0 spiro atoms. The van der Waals surface area contributed by atoms with Gasteiger partial charge in [-0.1, -0.05) is 30.2 Å². The highest BCUT2D eigenvalue weighted by Crippen LogP contribution is 2.08. The van der Waals surface area contributed by atoms with Gasteiger partial charge in [0.25, 0.3) is 0 Å². The molecule has 0 atom stereocenters. The van der Waals surface area contributed by atoms with E-state index in [-0.39, 0.29) is 5.54 Å². The van der Waals surface area contributed by atoms with Crippen LogP contribution in [0.4, 0.5) is 0 Å². The molecule has 1 aromatic carbocycles. The Hall–Kier alpha value is -1.30. The first kappa shape index (κ1) is 14.8. The number of nitrogens with zero attached hydrogens (tertiary/aromatic N) is 1. The first-order chi connectivity index (χ1) is 8.40. The lowest BCUT2D eigenvalue weighted by molar-refractivity contribution is 0.369. The maximum absolute atomic E-state index is 5.29. The van der Waals surface area contributed by atoms with Gasteiger partial charge in [0.1, 0.15) is 0 Å². The molecule has 1 N–H and O–H groups in total. The van der Waals surface area contributed by atoms with Gasteiger partial charge in [-0.25, -0.2) is 0 Å². The molecular formula is C16H24N2. The molecule has 0 saturated heterocycles. The molecule has 0 aliphatic rings. The fourth-order valence-electron chi connectivity index (χ4n) is 1.65. The van der Waals surface area contributed by atoms with Crippen molar-refractivity contribution in [3.63, 3.8) is 0 Å². The topological polar surface area (TPSA) is 15.3 Å². The molecule has 0 aliphatic carbocycles. The maximum Gasteiger partial charge on any atom is 0.0599 e. The van der Waals surface area contributed by atoms with Crippen LogP contribution < -0.4 is 5.32 Å². The van der Waals surface area contributed by atoms with E-state index in [1.807, 2.05) is 7.05 Å². The Labute approximate surface area is 111 Å². The maximum atomic E-state index is 5.29. The van der Waals surface area contributed by atoms with Gasteiger partial charge in [-0.3, -0.25) is 4.90 Å². The van der Waals surface area contributed by atoms with Crippen molar-refractivity contribution in [3.8, 4) is 12.3 Å². The minimum absolute atomic E-state index is 0.158. The third-order valence-electron chi connectivity index (χ3n) is 2.66. The van der Waals surface area contributed by atoms with Crippen molar-refractivity contribution in [1.82, 2.24) is 10.2 Å². The molecule has 1 rings (SSSR count). The summed E-state index contributed by atoms with van der Waals surface area (Å²) in [5, 5.41) is 3.48. The molecule has 0 aliphatic heterocycles. The molecular weight excluding hydrogens is 220 g/mol. The van der Waals surface area contributed by atoms with Crippen LogP contribution in [0.25, 0.3) is 0 Å². The molecule has 0 aromatic heterocycles. The minimum atomic E-state index is 0.158. The Kier molecular flexibility index (Phi) is 5.40. The highest BCUT2D eigenvalue weighted by Gasteiger charge is 2.08. The smallest absolute Gasteiger partial charge is 0.0599 e. The molecule has 98 valence electrons. The quantitative estimate of drug-likeness (QED) is 0.801. The van der Waals surface area contributed by atoms with E-state index in [2.05, 4.69) is 61.2 Å². The second-order valence-electron chi connectivity index (χ2n) is 5.80. The van der Waals surface area contributed by atoms with Gasteiger partial charge in [0.15, 0.2) is 0 Å². The Morgan fingerprint density at radius 1 is 1.17 bits per heavy atom. The average Bonchev–Trinajstić information content (AvgIpc) is 2.27. The molecule has 18 heavy (non-hydrogen) atoms. The van der Waals surface area contributed by atoms with Crippen LogP contribution in [-0.4, -0.2) is 24.0 Å². The first-order valence-corrected chi connectivity index (χ1v) is 6.35. The standard InChI is InChI=1S/C16H24N2/c1-6-11-18(5)13-15-9-7-14(8-10-15)12-17-16(2,3)4/h1,7-10,17H,11-13H2,2-5H3. The van der Waals surface area contributed by atoms with Gasteiger partial charge in [-0.2, -0.15) is 0 Å². The first-order valence-electron chi connectivity index (χ1n) is 6.35. The van der Waals surface area contributed by atoms with Crippen LogP contribution >= 0.6 is 0 Å². The van der Waals surface area contributed by atoms with Gasteiger partial charge in [-0.05, 0) is 38.9 Å². The second-order valence-corrected chi connectivity index (χ2v) is 5.80. The fourth-order valence-corrected chi connectivity index (χ4v) is 1.65. The lowest BCUT2D eigenvalue weighted by atomic mass is 10.1. The summed E-state index contributed by atoms with van der Waals surface area (Å²) < 4.78 is 0. The number of rotatable bonds is 5. The lowest BCUT2D eigenvalue weighted by Gasteiger charge is -2.20. The van der Waals surface area contributed by atoms with Crippen LogP contribution in [0.15, 0.2) is 24.3 Å². The summed E-state index contributed by atoms with van der Waals surface area (Å²) in [5.41, 5.74) is 2.77. The second kappa shape index (κ2) is 6.58. The highest BCUT2D eigenvalue weighted by molar-refractivity contribution is 5.22. The summed E-state index contributed by atoms with van der Waals surface area (Å²) in [5.74, 6) is 2.65. The molecule has 1 aromatic rings. The largest absolute Gasteiger partial charge is 0.308 e. The van der Waals surface area contributed by atoms with Gasteiger partial charge in [0, 0.05) is 18.6 Å². The van der Waals surface area contributed by atoms with E-state index in [1.54, 1.807) is 0 Å². The Bertz CT molecular complexity index is 393. The van der Waals surface area contributed by atoms with Crippen molar-refractivity contribution < 1.29 is 0 Å². The van der Waals surface area contributed by atoms with Gasteiger partial charge in [0.05, 0.1) is 6.54 Å². The van der Waals surface area contributed by atoms with Crippen molar-refractivity contribution in [3.05, 3.63) is 35.4 Å². The summed E-state index contributed by atoms with van der Waals surface area (Å²) in [4.78, 5) is 2.13. The molecule has 0 fully saturated rings. The fraction of sp³-hybridized carbons (Fsp3) is 0.500. The third-order valence-corrected chi connectivity index (χ3v) is 2.66. The lowest BCUT2D eigenvalue weighted by Crippen LogP contribution is -2.35. The number of terminal acetylenes is 1. The zero-order chi connectivity index (χ0) is 13.6. The van der Waals surface area contributed by atoms with Crippen molar-refractivity contribution >= 4 is 0 Å². The summed E-state index contributed by atoms with van der Waals surface area (Å²) in [7, 11) is 2.04. The number of hydrogen-bond donors (Lipinski definition) is 1. The summed E-state index contributed by atoms with van der Waals surface area (Å²) in [6.45, 7) is 9.02. The SMILES string of the molecule is C#CCN(C)Cc1ccc(CNC(C)(C)C)cc1. The summed E-state index contributed by atoms with van der Waals surface area (Å²) in [6, 6.07) is 8.70. The monoisotopic (exact) mass is 244 g/mol. The van der Waals surface area contributed by atoms with E-state index in [4.69, 9.17) is 6.42 Å². The third kappa shape index (κ3) is 5.86. The van der Waals surface area contributed by atoms with E-state index < -0.39 is 0 Å². The van der Waals surface area contributed by atoms with Gasteiger partial charge < -0.3 is 5.32 Å². The van der Waals surface area contributed by atoms with Gasteiger partial charge in [0.2, 0.25) is 0 Å². The molecule has 0 heterocycles. The van der Waals surface area contributed by atoms with Crippen LogP contribution in [0.5, 0.6) is 0 Å². The number of hydrogen-bond acceptors (Lipinski definition) is 2. The molecule has 0 amide bonds. The Balaban J connectivity index is 2.50. The van der Waals surface area contributed by atoms with E-state index in [0.717, 1.165) is 13.1 Å². The van der Waals surface area contributed by atoms with E-state index in [9.17, 15) is 0 Å². The van der Waals surface area contributed by atoms with Gasteiger partial charge in [-0.15, -0.1) is 6.42 Å². The summed E-state index contributed by atoms with van der Waals surface area (Å²) in [6.07, 6.45) is 5.29. The van der Waals surface area contributed by atoms with Crippen molar-refractivity contribution in [2.75, 3.05) is 13.6 Å². The van der Waals surface area contributed by atoms with Crippen LogP contribution in [0.1, 0.15) is 31.9 Å². The molecule has 0 saturated carbocycles. The summed E-state index contributed by atoms with van der Waals surface area (Å²) >= 11 is 0. The average molecular weight is 244 g/mol. The molecule has 0 bridgehead atoms. The number of benzene rings is 1. The minimum Gasteiger partial charge on any atom is -0.308 e. The highest BCUT2D eigenvalue weighted by atomic mass is 15.1. The predicted octanol–water partition coefficient (Wildman–Crippen LogP) is 2.64. The van der Waals surface area contributed by atoms with Crippen molar-refractivity contribution in [2.45, 2.75) is 39.4 Å². The van der Waals surface area contributed by atoms with E-state index >= 15 is 0 Å². The van der Waals surface area contributed by atoms with Crippen LogP contribution in [0.3, 0.4) is 0 Å². The predicted molar refractivity (Wildman–Crippen MR) is 78.2 cm³/mol. The van der Waals surface area contributed by atoms with Crippen molar-refractivity contribution in [2.24, 2.45) is 0 Å². The van der Waals surface area contributed by atoms with Crippen LogP contribution in [0.2, 0.25) is 0 Å². The zero-order valence-corrected chi connectivity index (χ0v) is 12.0. The molecule has 0 radical (unpaired) electrons. The van der Waals surface area contributed by atoms with Gasteiger partial charge >= 0.3 is 0 Å². The molecule has 2 heteroatoms. The zero-order valence-electron chi connectivity index (χ0n) is 12.0. The Morgan fingerprint density at radius 3 is 2.22 bits per heavy atom. The Morgan fingerprint density at radius 2 is 1.72 bits per heavy atom. The molecule has 0 unspecified atom stereocenters. The molecule has 2 nitrogen and oxygen atoms in total. The number of nitrogens with one attached hydrogen (secondary N) is 1. The normalized spacial score (nSPS) is 11.6. The van der Waals surface area contributed by atoms with Crippen LogP contribution in [-0.2, 0) is 13.1 Å². The van der Waals surface area contributed by atoms with E-state index in [0.29, 0.717) is 6.54 Å². The van der Waals surface area contributed by atoms with Crippen molar-refractivity contribution in [1.29, 1.82) is 0 Å².